The fourth-order valence-electron chi connectivity index (χ4n) is 5.65. The van der Waals surface area contributed by atoms with Crippen molar-refractivity contribution in [3.63, 3.8) is 0 Å². The van der Waals surface area contributed by atoms with Gasteiger partial charge in [0.05, 0.1) is 0 Å². The van der Waals surface area contributed by atoms with Gasteiger partial charge in [-0.3, -0.25) is 9.59 Å². The molecular weight excluding hydrogens is 744 g/mol. The molecule has 0 fully saturated rings. The normalized spacial score (nSPS) is 12.4. The third-order valence-electron chi connectivity index (χ3n) is 8.43. The van der Waals surface area contributed by atoms with Crippen LogP contribution < -0.4 is 26.0 Å². The van der Waals surface area contributed by atoms with Gasteiger partial charge >= 0.3 is 12.2 Å². The minimum absolute atomic E-state index is 0.258. The van der Waals surface area contributed by atoms with Crippen molar-refractivity contribution in [3.8, 4) is 5.75 Å². The number of hydrogen-bond acceptors (Lipinski definition) is 7. The average molecular weight is 799 g/mol. The molecule has 304 valence electrons. The van der Waals surface area contributed by atoms with Crippen LogP contribution >= 0.6 is 11.6 Å². The smallest absolute Gasteiger partial charge is 0.408 e. The summed E-state index contributed by atoms with van der Waals surface area (Å²) >= 11 is 6.03. The second-order valence-corrected chi connectivity index (χ2v) is 16.2. The minimum Gasteiger partial charge on any atom is -0.489 e. The maximum Gasteiger partial charge on any atom is 0.408 e. The Labute approximate surface area is 341 Å². The van der Waals surface area contributed by atoms with Crippen molar-refractivity contribution in [3.05, 3.63) is 136 Å². The number of halogens is 1. The Balaban J connectivity index is 1.27. The summed E-state index contributed by atoms with van der Waals surface area (Å²) in [6, 6.07) is 30.7. The third-order valence-corrected chi connectivity index (χ3v) is 8.68. The molecule has 12 heteroatoms. The topological polar surface area (TPSA) is 144 Å². The lowest BCUT2D eigenvalue weighted by Gasteiger charge is -2.23. The van der Waals surface area contributed by atoms with E-state index in [1.165, 1.54) is 0 Å². The molecule has 57 heavy (non-hydrogen) atoms. The number of carbonyl (C=O) groups is 4. The summed E-state index contributed by atoms with van der Waals surface area (Å²) in [5.74, 6) is 0.0478. The van der Waals surface area contributed by atoms with E-state index >= 15 is 0 Å². The molecule has 0 aliphatic rings. The molecule has 11 nitrogen and oxygen atoms in total. The van der Waals surface area contributed by atoms with Crippen LogP contribution in [0.25, 0.3) is 0 Å². The highest BCUT2D eigenvalue weighted by Gasteiger charge is 2.26. The zero-order chi connectivity index (χ0) is 41.4. The molecule has 0 saturated heterocycles. The predicted octanol–water partition coefficient (Wildman–Crippen LogP) is 7.51. The van der Waals surface area contributed by atoms with Gasteiger partial charge in [0, 0.05) is 31.0 Å². The lowest BCUT2D eigenvalue weighted by atomic mass is 10.0. The van der Waals surface area contributed by atoms with Crippen molar-refractivity contribution >= 4 is 35.6 Å². The molecule has 0 aliphatic carbocycles. The molecular formula is C45H55ClN4O7. The lowest BCUT2D eigenvalue weighted by molar-refractivity contribution is -0.123. The third kappa shape index (κ3) is 17.0. The number of amides is 4. The summed E-state index contributed by atoms with van der Waals surface area (Å²) in [4.78, 5) is 51.8. The van der Waals surface area contributed by atoms with Gasteiger partial charge in [0.25, 0.3) is 0 Å². The summed E-state index contributed by atoms with van der Waals surface area (Å²) in [6.07, 6.45) is 0.318. The van der Waals surface area contributed by atoms with Crippen molar-refractivity contribution in [1.82, 2.24) is 21.3 Å². The van der Waals surface area contributed by atoms with Crippen molar-refractivity contribution in [1.29, 1.82) is 0 Å². The number of ether oxygens (including phenoxy) is 3. The Kier molecular flexibility index (Phi) is 16.4. The van der Waals surface area contributed by atoms with Crippen molar-refractivity contribution in [2.24, 2.45) is 0 Å². The van der Waals surface area contributed by atoms with Gasteiger partial charge in [-0.25, -0.2) is 9.59 Å². The van der Waals surface area contributed by atoms with E-state index in [0.717, 1.165) is 27.8 Å². The maximum absolute atomic E-state index is 13.4. The highest BCUT2D eigenvalue weighted by Crippen LogP contribution is 2.17. The van der Waals surface area contributed by atoms with Crippen LogP contribution in [0.15, 0.2) is 103 Å². The molecule has 4 aromatic carbocycles. The maximum atomic E-state index is 13.4. The highest BCUT2D eigenvalue weighted by molar-refractivity contribution is 6.30. The standard InChI is InChI=1S/C45H55ClN4O7/c1-44(2,3)56-42(53)49-38(28-33-16-20-36(46)21-17-33)40(51)47-26-24-31-12-14-32(15-13-31)25-27-48-41(52)39(50-43(54)57-45(4,5)6)29-34-18-22-37(23-19-34)55-30-35-10-8-7-9-11-35/h7-23,38-39H,24-30H2,1-6H3,(H,47,51)(H,48,52)(H,49,53)(H,50,54)/t38?,39-/m0/s1. The molecule has 1 unspecified atom stereocenters. The second kappa shape index (κ2) is 21.1. The molecule has 0 bridgehead atoms. The number of hydrogen-bond donors (Lipinski definition) is 4. The van der Waals surface area contributed by atoms with Gasteiger partial charge < -0.3 is 35.5 Å². The van der Waals surface area contributed by atoms with E-state index in [-0.39, 0.29) is 24.7 Å². The van der Waals surface area contributed by atoms with Crippen LogP contribution in [-0.4, -0.2) is 60.4 Å². The number of carbonyl (C=O) groups excluding carboxylic acids is 4. The van der Waals surface area contributed by atoms with Crippen molar-refractivity contribution in [2.45, 2.75) is 97.1 Å². The van der Waals surface area contributed by atoms with Crippen molar-refractivity contribution < 1.29 is 33.4 Å². The van der Waals surface area contributed by atoms with Crippen LogP contribution in [0, 0.1) is 0 Å². The van der Waals surface area contributed by atoms with E-state index in [1.807, 2.05) is 91.0 Å². The molecule has 4 rings (SSSR count). The van der Waals surface area contributed by atoms with Crippen LogP contribution in [0.1, 0.15) is 69.4 Å². The van der Waals surface area contributed by atoms with Crippen LogP contribution in [0.5, 0.6) is 5.75 Å². The van der Waals surface area contributed by atoms with E-state index in [0.29, 0.717) is 43.3 Å². The molecule has 4 aromatic rings. The molecule has 0 aliphatic heterocycles. The second-order valence-electron chi connectivity index (χ2n) is 15.7. The fourth-order valence-corrected chi connectivity index (χ4v) is 5.78. The number of benzene rings is 4. The zero-order valence-corrected chi connectivity index (χ0v) is 34.4. The van der Waals surface area contributed by atoms with Gasteiger partial charge in [-0.1, -0.05) is 90.5 Å². The Hall–Kier alpha value is -5.55. The first-order valence-electron chi connectivity index (χ1n) is 19.1. The van der Waals surface area contributed by atoms with Crippen LogP contribution in [0.3, 0.4) is 0 Å². The molecule has 0 saturated carbocycles. The summed E-state index contributed by atoms with van der Waals surface area (Å²) in [6.45, 7) is 11.7. The van der Waals surface area contributed by atoms with E-state index in [1.54, 1.807) is 53.7 Å². The molecule has 0 aromatic heterocycles. The molecule has 0 spiro atoms. The van der Waals surface area contributed by atoms with Gasteiger partial charge in [0.1, 0.15) is 35.6 Å². The Morgan fingerprint density at radius 1 is 0.544 bits per heavy atom. The Bertz CT molecular complexity index is 1890. The molecule has 2 atom stereocenters. The summed E-state index contributed by atoms with van der Waals surface area (Å²) < 4.78 is 16.7. The van der Waals surface area contributed by atoms with E-state index in [4.69, 9.17) is 25.8 Å². The van der Waals surface area contributed by atoms with Crippen LogP contribution in [-0.2, 0) is 51.4 Å². The summed E-state index contributed by atoms with van der Waals surface area (Å²) in [7, 11) is 0. The molecule has 4 amide bonds. The minimum atomic E-state index is -0.862. The predicted molar refractivity (Wildman–Crippen MR) is 222 cm³/mol. The Morgan fingerprint density at radius 3 is 1.37 bits per heavy atom. The summed E-state index contributed by atoms with van der Waals surface area (Å²) in [5.41, 5.74) is 3.33. The van der Waals surface area contributed by atoms with Gasteiger partial charge in [-0.05, 0) is 106 Å². The lowest BCUT2D eigenvalue weighted by Crippen LogP contribution is -2.49. The SMILES string of the molecule is CC(C)(C)OC(=O)NC(Cc1ccc(Cl)cc1)C(=O)NCCc1ccc(CCNC(=O)[C@H](Cc2ccc(OCc3ccccc3)cc2)NC(=O)OC(C)(C)C)cc1. The van der Waals surface area contributed by atoms with Crippen LogP contribution in [0.4, 0.5) is 9.59 Å². The quantitative estimate of drug-likeness (QED) is 0.0866. The number of rotatable bonds is 17. The van der Waals surface area contributed by atoms with E-state index < -0.39 is 35.5 Å². The molecule has 0 heterocycles. The monoisotopic (exact) mass is 798 g/mol. The van der Waals surface area contributed by atoms with Gasteiger partial charge in [0.15, 0.2) is 0 Å². The molecule has 0 radical (unpaired) electrons. The Morgan fingerprint density at radius 2 is 0.947 bits per heavy atom. The largest absolute Gasteiger partial charge is 0.489 e. The first kappa shape index (κ1) is 44.2. The fraction of sp³-hybridized carbons (Fsp3) is 0.378. The number of alkyl carbamates (subject to hydrolysis) is 2. The molecule has 4 N–H and O–H groups in total. The highest BCUT2D eigenvalue weighted by atomic mass is 35.5. The van der Waals surface area contributed by atoms with Gasteiger partial charge in [0.2, 0.25) is 11.8 Å². The van der Waals surface area contributed by atoms with E-state index in [9.17, 15) is 19.2 Å². The average Bonchev–Trinajstić information content (AvgIpc) is 3.14. The van der Waals surface area contributed by atoms with Crippen molar-refractivity contribution in [2.75, 3.05) is 13.1 Å². The number of nitrogens with one attached hydrogen (secondary N) is 4. The van der Waals surface area contributed by atoms with Gasteiger partial charge in [-0.2, -0.15) is 0 Å². The van der Waals surface area contributed by atoms with Gasteiger partial charge in [-0.15, -0.1) is 0 Å². The zero-order valence-electron chi connectivity index (χ0n) is 33.7. The summed E-state index contributed by atoms with van der Waals surface area (Å²) in [5, 5.41) is 11.9. The first-order valence-corrected chi connectivity index (χ1v) is 19.5. The first-order chi connectivity index (χ1) is 27.0. The van der Waals surface area contributed by atoms with E-state index in [2.05, 4.69) is 21.3 Å². The van der Waals surface area contributed by atoms with Crippen LogP contribution in [0.2, 0.25) is 5.02 Å².